The van der Waals surface area contributed by atoms with Gasteiger partial charge >= 0.3 is 5.97 Å². The highest BCUT2D eigenvalue weighted by molar-refractivity contribution is 5.94. The molecule has 1 fully saturated rings. The van der Waals surface area contributed by atoms with Crippen molar-refractivity contribution in [2.75, 3.05) is 31.2 Å². The van der Waals surface area contributed by atoms with Gasteiger partial charge in [-0.1, -0.05) is 35.5 Å². The van der Waals surface area contributed by atoms with Crippen LogP contribution >= 0.6 is 0 Å². The lowest BCUT2D eigenvalue weighted by Gasteiger charge is -2.28. The summed E-state index contributed by atoms with van der Waals surface area (Å²) < 4.78 is 16.1. The quantitative estimate of drug-likeness (QED) is 0.643. The van der Waals surface area contributed by atoms with Crippen molar-refractivity contribution in [3.8, 4) is 11.3 Å². The Balaban J connectivity index is 1.44. The van der Waals surface area contributed by atoms with Gasteiger partial charge in [-0.3, -0.25) is 0 Å². The SMILES string of the molecule is O=C(OCc1cc(-c2ccccc2)no1)c1cccnc1N1CCOCC1. The molecule has 0 radical (unpaired) electrons. The largest absolute Gasteiger partial charge is 0.454 e. The molecule has 3 aromatic rings. The van der Waals surface area contributed by atoms with E-state index >= 15 is 0 Å². The number of pyridine rings is 1. The van der Waals surface area contributed by atoms with E-state index in [1.165, 1.54) is 0 Å². The fourth-order valence-electron chi connectivity index (χ4n) is 2.92. The van der Waals surface area contributed by atoms with E-state index in [1.807, 2.05) is 35.2 Å². The Hall–Kier alpha value is -3.19. The summed E-state index contributed by atoms with van der Waals surface area (Å²) in [7, 11) is 0. The summed E-state index contributed by atoms with van der Waals surface area (Å²) in [6.07, 6.45) is 1.67. The molecule has 0 bridgehead atoms. The summed E-state index contributed by atoms with van der Waals surface area (Å²) >= 11 is 0. The van der Waals surface area contributed by atoms with Gasteiger partial charge in [0.2, 0.25) is 0 Å². The lowest BCUT2D eigenvalue weighted by Crippen LogP contribution is -2.37. The highest BCUT2D eigenvalue weighted by Gasteiger charge is 2.21. The number of rotatable bonds is 5. The lowest BCUT2D eigenvalue weighted by atomic mass is 10.1. The molecular weight excluding hydrogens is 346 g/mol. The molecular formula is C20H19N3O4. The van der Waals surface area contributed by atoms with Crippen molar-refractivity contribution in [2.45, 2.75) is 6.61 Å². The number of morpholine rings is 1. The molecule has 7 nitrogen and oxygen atoms in total. The molecule has 0 amide bonds. The van der Waals surface area contributed by atoms with Crippen LogP contribution < -0.4 is 4.90 Å². The van der Waals surface area contributed by atoms with Crippen molar-refractivity contribution in [3.05, 3.63) is 66.1 Å². The topological polar surface area (TPSA) is 77.7 Å². The van der Waals surface area contributed by atoms with Crippen LogP contribution in [0.15, 0.2) is 59.3 Å². The van der Waals surface area contributed by atoms with Crippen molar-refractivity contribution in [3.63, 3.8) is 0 Å². The Morgan fingerprint density at radius 3 is 2.74 bits per heavy atom. The highest BCUT2D eigenvalue weighted by atomic mass is 16.5. The van der Waals surface area contributed by atoms with Gasteiger partial charge in [-0.15, -0.1) is 0 Å². The molecule has 138 valence electrons. The summed E-state index contributed by atoms with van der Waals surface area (Å²) in [6, 6.07) is 14.9. The molecule has 3 heterocycles. The number of carbonyl (C=O) groups excluding carboxylic acids is 1. The summed E-state index contributed by atoms with van der Waals surface area (Å²) in [5, 5.41) is 4.03. The zero-order chi connectivity index (χ0) is 18.5. The minimum Gasteiger partial charge on any atom is -0.454 e. The van der Waals surface area contributed by atoms with Crippen LogP contribution in [-0.2, 0) is 16.1 Å². The molecule has 1 aliphatic rings. The standard InChI is InChI=1S/C20H19N3O4/c24-20(17-7-4-8-21-19(17)23-9-11-25-12-10-23)26-14-16-13-18(22-27-16)15-5-2-1-3-6-15/h1-8,13H,9-12,14H2. The Morgan fingerprint density at radius 1 is 1.11 bits per heavy atom. The average molecular weight is 365 g/mol. The number of aromatic nitrogens is 2. The lowest BCUT2D eigenvalue weighted by molar-refractivity contribution is 0.0437. The first-order valence-electron chi connectivity index (χ1n) is 8.77. The van der Waals surface area contributed by atoms with E-state index in [-0.39, 0.29) is 6.61 Å². The number of nitrogens with zero attached hydrogens (tertiary/aromatic N) is 3. The van der Waals surface area contributed by atoms with E-state index in [9.17, 15) is 4.79 Å². The van der Waals surface area contributed by atoms with E-state index < -0.39 is 5.97 Å². The van der Waals surface area contributed by atoms with E-state index in [4.69, 9.17) is 14.0 Å². The predicted octanol–water partition coefficient (Wildman–Crippen LogP) is 2.93. The Kier molecular flexibility index (Phi) is 5.11. The predicted molar refractivity (Wildman–Crippen MR) is 98.3 cm³/mol. The highest BCUT2D eigenvalue weighted by Crippen LogP contribution is 2.21. The Morgan fingerprint density at radius 2 is 1.93 bits per heavy atom. The van der Waals surface area contributed by atoms with E-state index in [0.717, 1.165) is 5.56 Å². The second-order valence-corrected chi connectivity index (χ2v) is 6.09. The molecule has 0 spiro atoms. The average Bonchev–Trinajstić information content (AvgIpc) is 3.22. The summed E-state index contributed by atoms with van der Waals surface area (Å²) in [5.74, 6) is 0.662. The fraction of sp³-hybridized carbons (Fsp3) is 0.250. The molecule has 0 aliphatic carbocycles. The maximum atomic E-state index is 12.6. The summed E-state index contributed by atoms with van der Waals surface area (Å²) in [6.45, 7) is 2.63. The first kappa shape index (κ1) is 17.2. The molecule has 0 N–H and O–H groups in total. The van der Waals surface area contributed by atoms with Crippen LogP contribution in [0, 0.1) is 0 Å². The van der Waals surface area contributed by atoms with Gasteiger partial charge in [-0.2, -0.15) is 0 Å². The normalized spacial score (nSPS) is 14.1. The molecule has 0 saturated carbocycles. The second-order valence-electron chi connectivity index (χ2n) is 6.09. The molecule has 0 atom stereocenters. The van der Waals surface area contributed by atoms with Gasteiger partial charge < -0.3 is 18.9 Å². The number of hydrogen-bond acceptors (Lipinski definition) is 7. The monoisotopic (exact) mass is 365 g/mol. The molecule has 27 heavy (non-hydrogen) atoms. The Bertz CT molecular complexity index is 904. The molecule has 2 aromatic heterocycles. The molecule has 1 aromatic carbocycles. The third-order valence-corrected chi connectivity index (χ3v) is 4.29. The smallest absolute Gasteiger partial charge is 0.342 e. The van der Waals surface area contributed by atoms with Crippen LogP contribution in [0.4, 0.5) is 5.82 Å². The van der Waals surface area contributed by atoms with Crippen molar-refractivity contribution < 1.29 is 18.8 Å². The van der Waals surface area contributed by atoms with Gasteiger partial charge in [-0.25, -0.2) is 9.78 Å². The second kappa shape index (κ2) is 8.01. The first-order chi connectivity index (χ1) is 13.3. The minimum absolute atomic E-state index is 0.0100. The van der Waals surface area contributed by atoms with Crippen molar-refractivity contribution in [1.82, 2.24) is 10.1 Å². The van der Waals surface area contributed by atoms with Crippen molar-refractivity contribution in [1.29, 1.82) is 0 Å². The van der Waals surface area contributed by atoms with E-state index in [0.29, 0.717) is 49.1 Å². The van der Waals surface area contributed by atoms with Crippen LogP contribution in [0.5, 0.6) is 0 Å². The van der Waals surface area contributed by atoms with Gasteiger partial charge in [0, 0.05) is 30.9 Å². The van der Waals surface area contributed by atoms with E-state index in [2.05, 4.69) is 10.1 Å². The fourth-order valence-corrected chi connectivity index (χ4v) is 2.92. The van der Waals surface area contributed by atoms with Gasteiger partial charge in [0.1, 0.15) is 17.1 Å². The van der Waals surface area contributed by atoms with Gasteiger partial charge in [-0.05, 0) is 12.1 Å². The Labute approximate surface area is 156 Å². The van der Waals surface area contributed by atoms with Gasteiger partial charge in [0.15, 0.2) is 12.4 Å². The zero-order valence-electron chi connectivity index (χ0n) is 14.7. The molecule has 7 heteroatoms. The summed E-state index contributed by atoms with van der Waals surface area (Å²) in [5.41, 5.74) is 2.08. The third kappa shape index (κ3) is 3.98. The van der Waals surface area contributed by atoms with Crippen molar-refractivity contribution >= 4 is 11.8 Å². The third-order valence-electron chi connectivity index (χ3n) is 4.29. The summed E-state index contributed by atoms with van der Waals surface area (Å²) in [4.78, 5) is 19.0. The van der Waals surface area contributed by atoms with Crippen LogP contribution in [0.2, 0.25) is 0 Å². The number of benzene rings is 1. The van der Waals surface area contributed by atoms with Crippen LogP contribution in [0.3, 0.4) is 0 Å². The maximum absolute atomic E-state index is 12.6. The number of hydrogen-bond donors (Lipinski definition) is 0. The molecule has 1 saturated heterocycles. The zero-order valence-corrected chi connectivity index (χ0v) is 14.7. The molecule has 0 unspecified atom stereocenters. The number of esters is 1. The van der Waals surface area contributed by atoms with Gasteiger partial charge in [0.05, 0.1) is 13.2 Å². The molecule has 4 rings (SSSR count). The van der Waals surface area contributed by atoms with Crippen molar-refractivity contribution in [2.24, 2.45) is 0 Å². The number of anilines is 1. The number of carbonyl (C=O) groups is 1. The minimum atomic E-state index is -0.442. The molecule has 1 aliphatic heterocycles. The van der Waals surface area contributed by atoms with E-state index in [1.54, 1.807) is 24.4 Å². The maximum Gasteiger partial charge on any atom is 0.342 e. The van der Waals surface area contributed by atoms with Crippen LogP contribution in [0.25, 0.3) is 11.3 Å². The van der Waals surface area contributed by atoms with Gasteiger partial charge in [0.25, 0.3) is 0 Å². The number of ether oxygens (including phenoxy) is 2. The van der Waals surface area contributed by atoms with Crippen LogP contribution in [0.1, 0.15) is 16.1 Å². The van der Waals surface area contributed by atoms with Crippen LogP contribution in [-0.4, -0.2) is 42.4 Å². The first-order valence-corrected chi connectivity index (χ1v) is 8.77.